The minimum Gasteiger partial charge on any atom is -0.481 e. The fraction of sp³-hybridized carbons (Fsp3) is 0.846. The number of carbonyl (C=O) groups excluding carboxylic acids is 1. The first-order valence-electron chi connectivity index (χ1n) is 12.1. The number of fused-ring (bicyclic) bond motifs is 3. The van der Waals surface area contributed by atoms with E-state index in [4.69, 9.17) is 9.47 Å². The summed E-state index contributed by atoms with van der Waals surface area (Å²) in [6.07, 6.45) is 7.79. The molecule has 0 unspecified atom stereocenters. The van der Waals surface area contributed by atoms with Crippen LogP contribution >= 0.6 is 0 Å². The van der Waals surface area contributed by atoms with Gasteiger partial charge in [-0.3, -0.25) is 9.59 Å². The molecule has 4 fully saturated rings. The number of ether oxygens (including phenoxy) is 2. The Bertz CT molecular complexity index is 787. The van der Waals surface area contributed by atoms with E-state index in [1.165, 1.54) is 0 Å². The third-order valence-corrected chi connectivity index (χ3v) is 10.0. The zero-order valence-corrected chi connectivity index (χ0v) is 20.0. The summed E-state index contributed by atoms with van der Waals surface area (Å²) in [7, 11) is 1.62. The quantitative estimate of drug-likeness (QED) is 0.467. The molecule has 0 aliphatic heterocycles. The molecule has 0 aromatic heterocycles. The number of carbonyl (C=O) groups is 2. The van der Waals surface area contributed by atoms with Gasteiger partial charge in [-0.15, -0.1) is 0 Å². The van der Waals surface area contributed by atoms with Crippen molar-refractivity contribution in [3.05, 3.63) is 12.2 Å². The molecule has 0 aromatic carbocycles. The highest BCUT2D eigenvalue weighted by Crippen LogP contribution is 2.72. The molecule has 0 amide bonds. The van der Waals surface area contributed by atoms with E-state index in [-0.39, 0.29) is 35.2 Å². The van der Waals surface area contributed by atoms with E-state index in [1.54, 1.807) is 7.11 Å². The molecule has 0 aromatic rings. The number of carboxylic acids is 1. The molecule has 4 aliphatic rings. The van der Waals surface area contributed by atoms with Crippen LogP contribution in [0.15, 0.2) is 12.2 Å². The molecule has 7 atom stereocenters. The molecule has 174 valence electrons. The van der Waals surface area contributed by atoms with Crippen LogP contribution in [0.3, 0.4) is 0 Å². The van der Waals surface area contributed by atoms with Gasteiger partial charge < -0.3 is 14.6 Å². The molecule has 0 saturated heterocycles. The van der Waals surface area contributed by atoms with Crippen molar-refractivity contribution in [1.82, 2.24) is 0 Å². The third-order valence-electron chi connectivity index (χ3n) is 10.0. The smallest absolute Gasteiger partial charge is 0.309 e. The van der Waals surface area contributed by atoms with E-state index in [2.05, 4.69) is 13.5 Å². The van der Waals surface area contributed by atoms with Crippen molar-refractivity contribution < 1.29 is 24.2 Å². The van der Waals surface area contributed by atoms with Crippen molar-refractivity contribution in [3.8, 4) is 0 Å². The van der Waals surface area contributed by atoms with Gasteiger partial charge in [0.15, 0.2) is 0 Å². The van der Waals surface area contributed by atoms with Crippen LogP contribution in [0.5, 0.6) is 0 Å². The predicted molar refractivity (Wildman–Crippen MR) is 118 cm³/mol. The van der Waals surface area contributed by atoms with Crippen LogP contribution in [0.2, 0.25) is 0 Å². The fourth-order valence-corrected chi connectivity index (χ4v) is 8.37. The SMILES string of the molecule is C=C1[C@@H]2CC[C@H]3[C@]4(C)CCC[C@@](C)(C(=O)O)[C@H]4CC[C@]3(C2)[C@H]1OC(=O)CC(C)(C)OC. The Labute approximate surface area is 186 Å². The van der Waals surface area contributed by atoms with Crippen molar-refractivity contribution in [2.45, 2.75) is 97.2 Å². The Morgan fingerprint density at radius 3 is 2.48 bits per heavy atom. The molecular formula is C26H40O5. The number of carboxylic acid groups (broad SMARTS) is 1. The van der Waals surface area contributed by atoms with Crippen molar-refractivity contribution >= 4 is 11.9 Å². The lowest BCUT2D eigenvalue weighted by Gasteiger charge is -2.63. The second-order valence-electron chi connectivity index (χ2n) is 12.0. The van der Waals surface area contributed by atoms with Gasteiger partial charge in [0.05, 0.1) is 17.4 Å². The Balaban J connectivity index is 1.66. The molecule has 1 N–H and O–H groups in total. The normalized spacial score (nSPS) is 44.4. The first kappa shape index (κ1) is 22.8. The fourth-order valence-electron chi connectivity index (χ4n) is 8.37. The van der Waals surface area contributed by atoms with Gasteiger partial charge in [0.1, 0.15) is 6.10 Å². The topological polar surface area (TPSA) is 72.8 Å². The number of hydrogen-bond acceptors (Lipinski definition) is 4. The molecule has 1 spiro atoms. The number of esters is 1. The van der Waals surface area contributed by atoms with Crippen LogP contribution in [0, 0.1) is 34.0 Å². The lowest BCUT2D eigenvalue weighted by Crippen LogP contribution is -2.60. The second-order valence-corrected chi connectivity index (χ2v) is 12.0. The summed E-state index contributed by atoms with van der Waals surface area (Å²) in [5.74, 6) is 0.107. The first-order valence-corrected chi connectivity index (χ1v) is 12.1. The number of aliphatic carboxylic acids is 1. The molecule has 0 heterocycles. The summed E-state index contributed by atoms with van der Waals surface area (Å²) in [5, 5.41) is 10.1. The summed E-state index contributed by atoms with van der Waals surface area (Å²) in [6.45, 7) is 12.5. The zero-order valence-electron chi connectivity index (χ0n) is 20.0. The lowest BCUT2D eigenvalue weighted by atomic mass is 9.40. The van der Waals surface area contributed by atoms with Crippen LogP contribution in [0.4, 0.5) is 0 Å². The van der Waals surface area contributed by atoms with Gasteiger partial charge in [-0.2, -0.15) is 0 Å². The minimum absolute atomic E-state index is 0.0321. The maximum Gasteiger partial charge on any atom is 0.309 e. The van der Waals surface area contributed by atoms with Gasteiger partial charge in [-0.05, 0) is 94.5 Å². The van der Waals surface area contributed by atoms with Gasteiger partial charge in [0, 0.05) is 12.5 Å². The number of hydrogen-bond donors (Lipinski definition) is 1. The molecule has 4 aliphatic carbocycles. The molecule has 4 rings (SSSR count). The average Bonchev–Trinajstić information content (AvgIpc) is 2.87. The molecule has 0 radical (unpaired) electrons. The van der Waals surface area contributed by atoms with Crippen LogP contribution in [0.1, 0.15) is 85.5 Å². The number of methoxy groups -OCH3 is 1. The molecule has 2 bridgehead atoms. The molecule has 5 nitrogen and oxygen atoms in total. The standard InChI is InChI=1S/C26H40O5/c1-16-17-8-9-19-24(4)11-7-12-25(5,22(28)29)18(24)10-13-26(19,14-17)21(16)31-20(27)15-23(2,3)30-6/h17-19,21H,1,7-15H2,2-6H3,(H,28,29)/t17-,18+,19+,21+,24-,25-,26-/m1/s1. The molecule has 4 saturated carbocycles. The largest absolute Gasteiger partial charge is 0.481 e. The highest BCUT2D eigenvalue weighted by atomic mass is 16.5. The predicted octanol–water partition coefficient (Wildman–Crippen LogP) is 5.38. The summed E-state index contributed by atoms with van der Waals surface area (Å²) < 4.78 is 11.7. The monoisotopic (exact) mass is 432 g/mol. The van der Waals surface area contributed by atoms with Crippen LogP contribution < -0.4 is 0 Å². The Kier molecular flexibility index (Phi) is 5.39. The van der Waals surface area contributed by atoms with E-state index in [0.717, 1.165) is 56.9 Å². The summed E-state index contributed by atoms with van der Waals surface area (Å²) in [4.78, 5) is 25.2. The molecule has 31 heavy (non-hydrogen) atoms. The van der Waals surface area contributed by atoms with Gasteiger partial charge in [-0.25, -0.2) is 0 Å². The van der Waals surface area contributed by atoms with E-state index in [1.807, 2.05) is 20.8 Å². The van der Waals surface area contributed by atoms with Crippen LogP contribution in [0.25, 0.3) is 0 Å². The van der Waals surface area contributed by atoms with E-state index in [9.17, 15) is 14.7 Å². The van der Waals surface area contributed by atoms with Crippen molar-refractivity contribution in [2.75, 3.05) is 7.11 Å². The van der Waals surface area contributed by atoms with E-state index >= 15 is 0 Å². The minimum atomic E-state index is -0.657. The summed E-state index contributed by atoms with van der Waals surface area (Å²) in [5.41, 5.74) is -0.246. The Morgan fingerprint density at radius 2 is 1.84 bits per heavy atom. The molecule has 5 heteroatoms. The van der Waals surface area contributed by atoms with E-state index < -0.39 is 17.0 Å². The van der Waals surface area contributed by atoms with Crippen molar-refractivity contribution in [1.29, 1.82) is 0 Å². The molecular weight excluding hydrogens is 392 g/mol. The average molecular weight is 433 g/mol. The highest BCUT2D eigenvalue weighted by molar-refractivity contribution is 5.75. The Morgan fingerprint density at radius 1 is 1.13 bits per heavy atom. The second kappa shape index (κ2) is 7.33. The van der Waals surface area contributed by atoms with Crippen LogP contribution in [-0.4, -0.2) is 35.9 Å². The van der Waals surface area contributed by atoms with Gasteiger partial charge in [-0.1, -0.05) is 19.9 Å². The van der Waals surface area contributed by atoms with Crippen molar-refractivity contribution in [2.24, 2.45) is 34.0 Å². The first-order chi connectivity index (χ1) is 14.4. The summed E-state index contributed by atoms with van der Waals surface area (Å²) in [6, 6.07) is 0. The van der Waals surface area contributed by atoms with Gasteiger partial charge >= 0.3 is 11.9 Å². The van der Waals surface area contributed by atoms with Crippen molar-refractivity contribution in [3.63, 3.8) is 0 Å². The number of rotatable bonds is 5. The van der Waals surface area contributed by atoms with Gasteiger partial charge in [0.25, 0.3) is 0 Å². The zero-order chi connectivity index (χ0) is 22.8. The lowest BCUT2D eigenvalue weighted by molar-refractivity contribution is -0.197. The van der Waals surface area contributed by atoms with E-state index in [0.29, 0.717) is 11.8 Å². The maximum absolute atomic E-state index is 12.9. The maximum atomic E-state index is 12.9. The van der Waals surface area contributed by atoms with Crippen LogP contribution in [-0.2, 0) is 19.1 Å². The summed E-state index contributed by atoms with van der Waals surface area (Å²) >= 11 is 0. The third kappa shape index (κ3) is 3.29. The highest BCUT2D eigenvalue weighted by Gasteiger charge is 2.68. The Hall–Kier alpha value is -1.36. The van der Waals surface area contributed by atoms with Gasteiger partial charge in [0.2, 0.25) is 0 Å².